The predicted molar refractivity (Wildman–Crippen MR) is 95.9 cm³/mol. The van der Waals surface area contributed by atoms with Crippen molar-refractivity contribution in [3.05, 3.63) is 0 Å². The average molecular weight is 398 g/mol. The van der Waals surface area contributed by atoms with E-state index in [-0.39, 0.29) is 36.5 Å². The summed E-state index contributed by atoms with van der Waals surface area (Å²) in [6.45, 7) is 11.3. The Morgan fingerprint density at radius 3 is 2.75 bits per heavy atom. The standard InChI is InChI=1S/C14H30N4O.HI/c1-4-15-14(16-9-12(3)11-19)17-10-13-7-6-8-18(13)5-2;/h12-13,19H,4-11H2,1-3H3,(H2,15,16,17);1H. The molecule has 1 saturated heterocycles. The van der Waals surface area contributed by atoms with Crippen molar-refractivity contribution in [2.75, 3.05) is 39.3 Å². The van der Waals surface area contributed by atoms with Crippen LogP contribution in [-0.2, 0) is 0 Å². The maximum atomic E-state index is 9.03. The number of halogens is 1. The van der Waals surface area contributed by atoms with Crippen LogP contribution in [0.25, 0.3) is 0 Å². The van der Waals surface area contributed by atoms with Crippen LogP contribution in [0.15, 0.2) is 4.99 Å². The first-order valence-corrected chi connectivity index (χ1v) is 7.58. The highest BCUT2D eigenvalue weighted by atomic mass is 127. The SMILES string of the molecule is CCNC(=NCC(C)CO)NCC1CCCN1CC.I. The van der Waals surface area contributed by atoms with Crippen LogP contribution in [0.1, 0.15) is 33.6 Å². The molecule has 1 fully saturated rings. The average Bonchev–Trinajstić information content (AvgIpc) is 2.88. The van der Waals surface area contributed by atoms with Crippen LogP contribution in [0.2, 0.25) is 0 Å². The lowest BCUT2D eigenvalue weighted by molar-refractivity contribution is 0.241. The Hall–Kier alpha value is -0.0800. The number of likely N-dealkylation sites (N-methyl/N-ethyl adjacent to an activating group) is 1. The number of hydrogen-bond donors (Lipinski definition) is 3. The fourth-order valence-electron chi connectivity index (χ4n) is 2.40. The van der Waals surface area contributed by atoms with Gasteiger partial charge < -0.3 is 15.7 Å². The summed E-state index contributed by atoms with van der Waals surface area (Å²) >= 11 is 0. The molecule has 2 unspecified atom stereocenters. The van der Waals surface area contributed by atoms with E-state index in [9.17, 15) is 0 Å². The summed E-state index contributed by atoms with van der Waals surface area (Å²) in [5.41, 5.74) is 0. The van der Waals surface area contributed by atoms with E-state index in [0.29, 0.717) is 12.6 Å². The summed E-state index contributed by atoms with van der Waals surface area (Å²) in [4.78, 5) is 7.03. The molecule has 0 aromatic carbocycles. The summed E-state index contributed by atoms with van der Waals surface area (Å²) in [5.74, 6) is 1.08. The van der Waals surface area contributed by atoms with E-state index in [1.165, 1.54) is 19.4 Å². The molecule has 20 heavy (non-hydrogen) atoms. The zero-order valence-corrected chi connectivity index (χ0v) is 15.4. The smallest absolute Gasteiger partial charge is 0.191 e. The summed E-state index contributed by atoms with van der Waals surface area (Å²) in [5, 5.41) is 15.7. The van der Waals surface area contributed by atoms with Gasteiger partial charge in [-0.15, -0.1) is 24.0 Å². The van der Waals surface area contributed by atoms with E-state index in [0.717, 1.165) is 25.6 Å². The second kappa shape index (κ2) is 11.6. The largest absolute Gasteiger partial charge is 0.396 e. The molecule has 120 valence electrons. The lowest BCUT2D eigenvalue weighted by Gasteiger charge is -2.24. The number of guanidine groups is 1. The normalized spacial score (nSPS) is 21.4. The number of aliphatic hydroxyl groups is 1. The van der Waals surface area contributed by atoms with Crippen LogP contribution in [0.3, 0.4) is 0 Å². The van der Waals surface area contributed by atoms with Gasteiger partial charge in [-0.1, -0.05) is 13.8 Å². The molecular weight excluding hydrogens is 367 g/mol. The van der Waals surface area contributed by atoms with E-state index in [4.69, 9.17) is 5.11 Å². The van der Waals surface area contributed by atoms with Gasteiger partial charge in [0.25, 0.3) is 0 Å². The van der Waals surface area contributed by atoms with E-state index in [2.05, 4.69) is 34.4 Å². The van der Waals surface area contributed by atoms with Crippen molar-refractivity contribution in [2.45, 2.75) is 39.7 Å². The van der Waals surface area contributed by atoms with Crippen LogP contribution in [0.5, 0.6) is 0 Å². The lowest BCUT2D eigenvalue weighted by Crippen LogP contribution is -2.45. The van der Waals surface area contributed by atoms with Crippen LogP contribution in [-0.4, -0.2) is 61.3 Å². The highest BCUT2D eigenvalue weighted by molar-refractivity contribution is 14.0. The molecule has 0 aromatic rings. The van der Waals surface area contributed by atoms with Crippen molar-refractivity contribution in [3.63, 3.8) is 0 Å². The maximum Gasteiger partial charge on any atom is 0.191 e. The first-order valence-electron chi connectivity index (χ1n) is 7.58. The highest BCUT2D eigenvalue weighted by Gasteiger charge is 2.22. The molecule has 5 nitrogen and oxygen atoms in total. The first kappa shape index (κ1) is 19.9. The molecule has 1 heterocycles. The van der Waals surface area contributed by atoms with Crippen LogP contribution in [0.4, 0.5) is 0 Å². The molecule has 0 aromatic heterocycles. The Morgan fingerprint density at radius 2 is 2.15 bits per heavy atom. The molecule has 0 aliphatic carbocycles. The number of likely N-dealkylation sites (tertiary alicyclic amines) is 1. The molecule has 0 saturated carbocycles. The fraction of sp³-hybridized carbons (Fsp3) is 0.929. The molecule has 0 spiro atoms. The number of rotatable bonds is 7. The van der Waals surface area contributed by atoms with E-state index < -0.39 is 0 Å². The van der Waals surface area contributed by atoms with Crippen LogP contribution < -0.4 is 10.6 Å². The molecule has 0 amide bonds. The number of nitrogens with zero attached hydrogens (tertiary/aromatic N) is 2. The van der Waals surface area contributed by atoms with Gasteiger partial charge in [-0.25, -0.2) is 0 Å². The predicted octanol–water partition coefficient (Wildman–Crippen LogP) is 1.27. The second-order valence-corrected chi connectivity index (χ2v) is 5.31. The zero-order chi connectivity index (χ0) is 14.1. The Labute approximate surface area is 140 Å². The van der Waals surface area contributed by atoms with Gasteiger partial charge in [-0.2, -0.15) is 0 Å². The molecule has 0 bridgehead atoms. The summed E-state index contributed by atoms with van der Waals surface area (Å²) in [6, 6.07) is 0.629. The highest BCUT2D eigenvalue weighted by Crippen LogP contribution is 2.15. The van der Waals surface area contributed by atoms with Gasteiger partial charge in [0.1, 0.15) is 0 Å². The van der Waals surface area contributed by atoms with E-state index in [1.807, 2.05) is 6.92 Å². The second-order valence-electron chi connectivity index (χ2n) is 5.31. The van der Waals surface area contributed by atoms with Gasteiger partial charge >= 0.3 is 0 Å². The molecule has 1 aliphatic heterocycles. The van der Waals surface area contributed by atoms with Gasteiger partial charge in [0.15, 0.2) is 5.96 Å². The summed E-state index contributed by atoms with van der Waals surface area (Å²) in [6.07, 6.45) is 2.57. The van der Waals surface area contributed by atoms with Crippen LogP contribution >= 0.6 is 24.0 Å². The molecule has 0 radical (unpaired) electrons. The Kier molecular flexibility index (Phi) is 11.5. The van der Waals surface area contributed by atoms with Gasteiger partial charge in [-0.05, 0) is 38.8 Å². The quantitative estimate of drug-likeness (QED) is 0.344. The Bertz CT molecular complexity index is 276. The van der Waals surface area contributed by atoms with Crippen molar-refractivity contribution in [3.8, 4) is 0 Å². The number of nitrogens with one attached hydrogen (secondary N) is 2. The molecule has 2 atom stereocenters. The topological polar surface area (TPSA) is 59.9 Å². The van der Waals surface area contributed by atoms with Gasteiger partial charge in [0.05, 0.1) is 0 Å². The molecule has 3 N–H and O–H groups in total. The van der Waals surface area contributed by atoms with Crippen LogP contribution in [0, 0.1) is 5.92 Å². The Balaban J connectivity index is 0.00000361. The number of aliphatic hydroxyl groups excluding tert-OH is 1. The molecule has 1 rings (SSSR count). The van der Waals surface area contributed by atoms with E-state index >= 15 is 0 Å². The molecule has 6 heteroatoms. The first-order chi connectivity index (χ1) is 9.21. The number of aliphatic imine (C=N–C) groups is 1. The van der Waals surface area contributed by atoms with Gasteiger partial charge in [-0.3, -0.25) is 9.89 Å². The lowest BCUT2D eigenvalue weighted by atomic mass is 10.2. The summed E-state index contributed by atoms with van der Waals surface area (Å²) in [7, 11) is 0. The third kappa shape index (κ3) is 7.08. The van der Waals surface area contributed by atoms with E-state index in [1.54, 1.807) is 0 Å². The zero-order valence-electron chi connectivity index (χ0n) is 13.1. The van der Waals surface area contributed by atoms with Gasteiger partial charge in [0.2, 0.25) is 0 Å². The van der Waals surface area contributed by atoms with Crippen molar-refractivity contribution in [1.29, 1.82) is 0 Å². The van der Waals surface area contributed by atoms with Crippen molar-refractivity contribution in [1.82, 2.24) is 15.5 Å². The Morgan fingerprint density at radius 1 is 1.40 bits per heavy atom. The molecular formula is C14H31IN4O. The third-order valence-electron chi connectivity index (χ3n) is 3.63. The van der Waals surface area contributed by atoms with Crippen molar-refractivity contribution >= 4 is 29.9 Å². The maximum absolute atomic E-state index is 9.03. The third-order valence-corrected chi connectivity index (χ3v) is 3.63. The minimum Gasteiger partial charge on any atom is -0.396 e. The number of hydrogen-bond acceptors (Lipinski definition) is 3. The fourth-order valence-corrected chi connectivity index (χ4v) is 2.40. The minimum atomic E-state index is 0. The monoisotopic (exact) mass is 398 g/mol. The van der Waals surface area contributed by atoms with Crippen molar-refractivity contribution in [2.24, 2.45) is 10.9 Å². The minimum absolute atomic E-state index is 0. The van der Waals surface area contributed by atoms with Gasteiger partial charge in [0, 0.05) is 32.3 Å². The summed E-state index contributed by atoms with van der Waals surface area (Å²) < 4.78 is 0. The molecule has 1 aliphatic rings. The van der Waals surface area contributed by atoms with Crippen molar-refractivity contribution < 1.29 is 5.11 Å².